The maximum atomic E-state index is 8.95. The highest BCUT2D eigenvalue weighted by Gasteiger charge is 2.21. The van der Waals surface area contributed by atoms with Crippen LogP contribution >= 0.6 is 0 Å². The monoisotopic (exact) mass is 231 g/mol. The van der Waals surface area contributed by atoms with E-state index >= 15 is 0 Å². The van der Waals surface area contributed by atoms with Gasteiger partial charge in [-0.25, -0.2) is 9.97 Å². The van der Waals surface area contributed by atoms with Gasteiger partial charge in [0.25, 0.3) is 0 Å². The van der Waals surface area contributed by atoms with Crippen molar-refractivity contribution in [2.45, 2.75) is 44.2 Å². The summed E-state index contributed by atoms with van der Waals surface area (Å²) < 4.78 is 0. The first kappa shape index (κ1) is 11.8. The molecule has 2 rings (SSSR count). The Balaban J connectivity index is 2.11. The van der Waals surface area contributed by atoms with E-state index in [1.54, 1.807) is 6.20 Å². The summed E-state index contributed by atoms with van der Waals surface area (Å²) in [5.41, 5.74) is 6.46. The molecule has 0 bridgehead atoms. The minimum Gasteiger partial charge on any atom is -0.363 e. The summed E-state index contributed by atoms with van der Waals surface area (Å²) >= 11 is 0. The Morgan fingerprint density at radius 1 is 1.24 bits per heavy atom. The van der Waals surface area contributed by atoms with Gasteiger partial charge in [-0.1, -0.05) is 19.3 Å². The van der Waals surface area contributed by atoms with Gasteiger partial charge in [0.05, 0.1) is 0 Å². The van der Waals surface area contributed by atoms with Crippen LogP contribution in [0.4, 0.5) is 5.82 Å². The first-order chi connectivity index (χ1) is 8.31. The predicted molar refractivity (Wildman–Crippen MR) is 65.2 cm³/mol. The molecule has 5 nitrogen and oxygen atoms in total. The van der Waals surface area contributed by atoms with Crippen molar-refractivity contribution in [1.29, 1.82) is 5.26 Å². The van der Waals surface area contributed by atoms with Gasteiger partial charge in [0.1, 0.15) is 6.07 Å². The molecule has 2 unspecified atom stereocenters. The Morgan fingerprint density at radius 2 is 2.00 bits per heavy atom. The molecule has 1 saturated carbocycles. The summed E-state index contributed by atoms with van der Waals surface area (Å²) in [7, 11) is 0. The minimum absolute atomic E-state index is 0.131. The molecule has 1 fully saturated rings. The van der Waals surface area contributed by atoms with Crippen LogP contribution in [0.2, 0.25) is 0 Å². The van der Waals surface area contributed by atoms with E-state index in [9.17, 15) is 0 Å². The first-order valence-corrected chi connectivity index (χ1v) is 6.04. The standard InChI is InChI=1S/C12H17N5/c13-8-11-12(16-7-6-15-11)17-10-5-3-1-2-4-9(10)14/h6-7,9-10H,1-5,14H2,(H,16,17). The van der Waals surface area contributed by atoms with Gasteiger partial charge in [-0.3, -0.25) is 0 Å². The van der Waals surface area contributed by atoms with E-state index in [2.05, 4.69) is 15.3 Å². The number of nitrogens with zero attached hydrogens (tertiary/aromatic N) is 3. The third kappa shape index (κ3) is 2.92. The van der Waals surface area contributed by atoms with Crippen LogP contribution in [0.15, 0.2) is 12.4 Å². The molecule has 0 radical (unpaired) electrons. The second kappa shape index (κ2) is 5.60. The van der Waals surface area contributed by atoms with Crippen LogP contribution in [0, 0.1) is 11.3 Å². The van der Waals surface area contributed by atoms with Crippen molar-refractivity contribution in [2.75, 3.05) is 5.32 Å². The molecule has 90 valence electrons. The quantitative estimate of drug-likeness (QED) is 0.751. The van der Waals surface area contributed by atoms with Crippen LogP contribution in [-0.4, -0.2) is 22.1 Å². The van der Waals surface area contributed by atoms with Gasteiger partial charge in [-0.2, -0.15) is 5.26 Å². The Kier molecular flexibility index (Phi) is 3.89. The number of rotatable bonds is 2. The van der Waals surface area contributed by atoms with Crippen LogP contribution in [-0.2, 0) is 0 Å². The van der Waals surface area contributed by atoms with Gasteiger partial charge >= 0.3 is 0 Å². The van der Waals surface area contributed by atoms with E-state index in [1.165, 1.54) is 25.5 Å². The number of hydrogen-bond donors (Lipinski definition) is 2. The summed E-state index contributed by atoms with van der Waals surface area (Å²) in [4.78, 5) is 8.14. The highest BCUT2D eigenvalue weighted by atomic mass is 15.1. The maximum absolute atomic E-state index is 8.95. The van der Waals surface area contributed by atoms with E-state index in [4.69, 9.17) is 11.0 Å². The van der Waals surface area contributed by atoms with E-state index in [1.807, 2.05) is 6.07 Å². The molecular weight excluding hydrogens is 214 g/mol. The predicted octanol–water partition coefficient (Wildman–Crippen LogP) is 1.42. The average Bonchev–Trinajstić information content (AvgIpc) is 2.56. The number of nitrogens with two attached hydrogens (primary N) is 1. The molecule has 0 saturated heterocycles. The Hall–Kier alpha value is -1.67. The maximum Gasteiger partial charge on any atom is 0.182 e. The van der Waals surface area contributed by atoms with Crippen LogP contribution in [0.5, 0.6) is 0 Å². The van der Waals surface area contributed by atoms with E-state index in [0.717, 1.165) is 12.8 Å². The highest BCUT2D eigenvalue weighted by Crippen LogP contribution is 2.20. The number of anilines is 1. The van der Waals surface area contributed by atoms with E-state index in [-0.39, 0.29) is 12.1 Å². The van der Waals surface area contributed by atoms with Crippen molar-refractivity contribution >= 4 is 5.82 Å². The molecule has 1 aliphatic carbocycles. The molecule has 3 N–H and O–H groups in total. The normalized spacial score (nSPS) is 24.7. The molecule has 0 aromatic carbocycles. The number of aromatic nitrogens is 2. The summed E-state index contributed by atoms with van der Waals surface area (Å²) in [6, 6.07) is 2.36. The fourth-order valence-electron chi connectivity index (χ4n) is 2.22. The second-order valence-corrected chi connectivity index (χ2v) is 4.42. The van der Waals surface area contributed by atoms with Crippen molar-refractivity contribution in [1.82, 2.24) is 9.97 Å². The molecule has 1 aromatic heterocycles. The molecule has 0 amide bonds. The lowest BCUT2D eigenvalue weighted by Gasteiger charge is -2.23. The summed E-state index contributed by atoms with van der Waals surface area (Å²) in [5, 5.41) is 12.2. The fraction of sp³-hybridized carbons (Fsp3) is 0.583. The highest BCUT2D eigenvalue weighted by molar-refractivity contribution is 5.47. The summed E-state index contributed by atoms with van der Waals surface area (Å²) in [5.74, 6) is 0.553. The molecule has 5 heteroatoms. The fourth-order valence-corrected chi connectivity index (χ4v) is 2.22. The molecule has 1 heterocycles. The SMILES string of the molecule is N#Cc1nccnc1NC1CCCCCC1N. The first-order valence-electron chi connectivity index (χ1n) is 6.04. The van der Waals surface area contributed by atoms with Gasteiger partial charge in [0, 0.05) is 24.5 Å². The third-order valence-electron chi connectivity index (χ3n) is 3.20. The lowest BCUT2D eigenvalue weighted by atomic mass is 10.0. The van der Waals surface area contributed by atoms with Crippen LogP contribution < -0.4 is 11.1 Å². The Morgan fingerprint density at radius 3 is 2.82 bits per heavy atom. The number of hydrogen-bond acceptors (Lipinski definition) is 5. The van der Waals surface area contributed by atoms with Gasteiger partial charge in [0.2, 0.25) is 0 Å². The van der Waals surface area contributed by atoms with Gasteiger partial charge in [0.15, 0.2) is 11.5 Å². The smallest absolute Gasteiger partial charge is 0.182 e. The van der Waals surface area contributed by atoms with Crippen LogP contribution in [0.1, 0.15) is 37.8 Å². The van der Waals surface area contributed by atoms with Crippen molar-refractivity contribution in [3.8, 4) is 6.07 Å². The molecule has 1 aromatic rings. The van der Waals surface area contributed by atoms with Gasteiger partial charge in [-0.15, -0.1) is 0 Å². The largest absolute Gasteiger partial charge is 0.363 e. The van der Waals surface area contributed by atoms with Gasteiger partial charge < -0.3 is 11.1 Å². The average molecular weight is 231 g/mol. The third-order valence-corrected chi connectivity index (χ3v) is 3.20. The lowest BCUT2D eigenvalue weighted by molar-refractivity contribution is 0.526. The zero-order valence-corrected chi connectivity index (χ0v) is 9.76. The van der Waals surface area contributed by atoms with E-state index < -0.39 is 0 Å². The topological polar surface area (TPSA) is 87.6 Å². The van der Waals surface area contributed by atoms with Crippen LogP contribution in [0.3, 0.4) is 0 Å². The Bertz CT molecular complexity index is 412. The van der Waals surface area contributed by atoms with Crippen molar-refractivity contribution in [3.63, 3.8) is 0 Å². The summed E-state index contributed by atoms with van der Waals surface area (Å²) in [6.45, 7) is 0. The second-order valence-electron chi connectivity index (χ2n) is 4.42. The molecule has 0 aliphatic heterocycles. The lowest BCUT2D eigenvalue weighted by Crippen LogP contribution is -2.39. The van der Waals surface area contributed by atoms with Crippen molar-refractivity contribution in [3.05, 3.63) is 18.1 Å². The molecule has 17 heavy (non-hydrogen) atoms. The van der Waals surface area contributed by atoms with Crippen molar-refractivity contribution in [2.24, 2.45) is 5.73 Å². The van der Waals surface area contributed by atoms with E-state index in [0.29, 0.717) is 11.5 Å². The van der Waals surface area contributed by atoms with Crippen molar-refractivity contribution < 1.29 is 0 Å². The molecule has 2 atom stereocenters. The molecule has 1 aliphatic rings. The zero-order chi connectivity index (χ0) is 12.1. The zero-order valence-electron chi connectivity index (χ0n) is 9.76. The molecular formula is C12H17N5. The van der Waals surface area contributed by atoms with Gasteiger partial charge in [-0.05, 0) is 12.8 Å². The number of nitrogens with one attached hydrogen (secondary N) is 1. The molecule has 0 spiro atoms. The Labute approximate surface area is 101 Å². The van der Waals surface area contributed by atoms with Crippen LogP contribution in [0.25, 0.3) is 0 Å². The summed E-state index contributed by atoms with van der Waals surface area (Å²) in [6.07, 6.45) is 8.76. The number of nitriles is 1. The minimum atomic E-state index is 0.131.